The van der Waals surface area contributed by atoms with Gasteiger partial charge in [-0.1, -0.05) is 30.3 Å². The van der Waals surface area contributed by atoms with E-state index in [9.17, 15) is 9.90 Å². The zero-order valence-electron chi connectivity index (χ0n) is 13.0. The third kappa shape index (κ3) is 4.11. The third-order valence-corrected chi connectivity index (χ3v) is 4.10. The van der Waals surface area contributed by atoms with Crippen molar-refractivity contribution >= 4 is 5.91 Å². The lowest BCUT2D eigenvalue weighted by atomic mass is 10.1. The lowest BCUT2D eigenvalue weighted by Crippen LogP contribution is -2.40. The van der Waals surface area contributed by atoms with Crippen molar-refractivity contribution in [1.29, 1.82) is 0 Å². The fourth-order valence-corrected chi connectivity index (χ4v) is 2.68. The van der Waals surface area contributed by atoms with E-state index in [1.54, 1.807) is 0 Å². The number of amides is 1. The number of hydrogen-bond donors (Lipinski definition) is 1. The molecule has 0 aliphatic carbocycles. The van der Waals surface area contributed by atoms with Crippen molar-refractivity contribution in [2.75, 3.05) is 13.1 Å². The smallest absolute Gasteiger partial charge is 0.253 e. The lowest BCUT2D eigenvalue weighted by molar-refractivity contribution is 0.0546. The van der Waals surface area contributed by atoms with E-state index in [1.807, 2.05) is 59.5 Å². The van der Waals surface area contributed by atoms with Gasteiger partial charge in [-0.25, -0.2) is 0 Å². The highest BCUT2D eigenvalue weighted by molar-refractivity contribution is 5.94. The average Bonchev–Trinajstić information content (AvgIpc) is 2.61. The molecule has 0 radical (unpaired) electrons. The van der Waals surface area contributed by atoms with E-state index in [0.29, 0.717) is 38.1 Å². The molecular weight excluding hydrogens is 290 g/mol. The summed E-state index contributed by atoms with van der Waals surface area (Å²) in [6, 6.07) is 17.2. The van der Waals surface area contributed by atoms with Gasteiger partial charge in [-0.15, -0.1) is 0 Å². The first kappa shape index (κ1) is 15.6. The molecule has 1 heterocycles. The summed E-state index contributed by atoms with van der Waals surface area (Å²) in [6.45, 7) is 1.73. The van der Waals surface area contributed by atoms with Crippen molar-refractivity contribution in [3.05, 3.63) is 65.7 Å². The molecule has 1 amide bonds. The van der Waals surface area contributed by atoms with Crippen LogP contribution in [0.5, 0.6) is 5.75 Å². The maximum absolute atomic E-state index is 12.4. The number of nitrogens with zero attached hydrogens (tertiary/aromatic N) is 1. The molecule has 1 fully saturated rings. The molecule has 0 atom stereocenters. The molecule has 3 rings (SSSR count). The Labute approximate surface area is 136 Å². The first-order chi connectivity index (χ1) is 11.2. The largest absolute Gasteiger partial charge is 0.489 e. The van der Waals surface area contributed by atoms with Crippen LogP contribution < -0.4 is 4.74 Å². The molecule has 4 nitrogen and oxygen atoms in total. The standard InChI is InChI=1S/C19H21NO3/c21-17-10-12-20(13-11-17)19(22)16-8-6-15(7-9-16)14-23-18-4-2-1-3-5-18/h1-9,17,21H,10-14H2. The number of rotatable bonds is 4. The number of aliphatic hydroxyl groups excluding tert-OH is 1. The highest BCUT2D eigenvalue weighted by Gasteiger charge is 2.22. The number of likely N-dealkylation sites (tertiary alicyclic amines) is 1. The van der Waals surface area contributed by atoms with E-state index < -0.39 is 0 Å². The Morgan fingerprint density at radius 2 is 1.70 bits per heavy atom. The molecule has 0 spiro atoms. The van der Waals surface area contributed by atoms with Gasteiger partial charge >= 0.3 is 0 Å². The van der Waals surface area contributed by atoms with Crippen molar-refractivity contribution in [3.8, 4) is 5.75 Å². The van der Waals surface area contributed by atoms with Gasteiger partial charge in [-0.3, -0.25) is 4.79 Å². The maximum atomic E-state index is 12.4. The number of carbonyl (C=O) groups excluding carboxylic acids is 1. The Morgan fingerprint density at radius 3 is 2.35 bits per heavy atom. The van der Waals surface area contributed by atoms with Gasteiger partial charge in [0.25, 0.3) is 5.91 Å². The molecule has 2 aromatic rings. The first-order valence-corrected chi connectivity index (χ1v) is 7.96. The summed E-state index contributed by atoms with van der Waals surface area (Å²) in [5, 5.41) is 9.52. The summed E-state index contributed by atoms with van der Waals surface area (Å²) in [5.74, 6) is 0.868. The quantitative estimate of drug-likeness (QED) is 0.944. The second-order valence-electron chi connectivity index (χ2n) is 5.82. The van der Waals surface area contributed by atoms with Crippen molar-refractivity contribution in [1.82, 2.24) is 4.90 Å². The van der Waals surface area contributed by atoms with Gasteiger partial charge in [0.15, 0.2) is 0 Å². The van der Waals surface area contributed by atoms with Gasteiger partial charge in [0.1, 0.15) is 12.4 Å². The van der Waals surface area contributed by atoms with Crippen molar-refractivity contribution < 1.29 is 14.6 Å². The summed E-state index contributed by atoms with van der Waals surface area (Å²) in [4.78, 5) is 14.2. The predicted octanol–water partition coefficient (Wildman–Crippen LogP) is 2.86. The molecule has 1 aliphatic heterocycles. The molecule has 4 heteroatoms. The Kier molecular flexibility index (Phi) is 4.93. The number of hydrogen-bond acceptors (Lipinski definition) is 3. The number of piperidine rings is 1. The SMILES string of the molecule is O=C(c1ccc(COc2ccccc2)cc1)N1CCC(O)CC1. The summed E-state index contributed by atoms with van der Waals surface area (Å²) in [6.07, 6.45) is 1.06. The minimum atomic E-state index is -0.267. The fraction of sp³-hybridized carbons (Fsp3) is 0.316. The highest BCUT2D eigenvalue weighted by Crippen LogP contribution is 2.16. The molecule has 0 aromatic heterocycles. The molecule has 120 valence electrons. The van der Waals surface area contributed by atoms with Crippen LogP contribution in [0.2, 0.25) is 0 Å². The summed E-state index contributed by atoms with van der Waals surface area (Å²) >= 11 is 0. The number of para-hydroxylation sites is 1. The Hall–Kier alpha value is -2.33. The summed E-state index contributed by atoms with van der Waals surface area (Å²) in [5.41, 5.74) is 1.71. The number of benzene rings is 2. The molecular formula is C19H21NO3. The van der Waals surface area contributed by atoms with Crippen LogP contribution in [0.15, 0.2) is 54.6 Å². The fourth-order valence-electron chi connectivity index (χ4n) is 2.68. The van der Waals surface area contributed by atoms with Gasteiger partial charge < -0.3 is 14.7 Å². The minimum absolute atomic E-state index is 0.0347. The summed E-state index contributed by atoms with van der Waals surface area (Å²) < 4.78 is 5.70. The van der Waals surface area contributed by atoms with Crippen molar-refractivity contribution in [3.63, 3.8) is 0 Å². The van der Waals surface area contributed by atoms with Gasteiger partial charge in [0.05, 0.1) is 6.10 Å². The molecule has 0 unspecified atom stereocenters. The van der Waals surface area contributed by atoms with Gasteiger partial charge in [-0.05, 0) is 42.7 Å². The molecule has 0 bridgehead atoms. The van der Waals surface area contributed by atoms with Gasteiger partial charge in [0.2, 0.25) is 0 Å². The van der Waals surface area contributed by atoms with E-state index >= 15 is 0 Å². The molecule has 1 N–H and O–H groups in total. The number of carbonyl (C=O) groups is 1. The van der Waals surface area contributed by atoms with E-state index in [0.717, 1.165) is 11.3 Å². The second-order valence-corrected chi connectivity index (χ2v) is 5.82. The first-order valence-electron chi connectivity index (χ1n) is 7.96. The Bertz CT molecular complexity index is 631. The number of aliphatic hydroxyl groups is 1. The Morgan fingerprint density at radius 1 is 1.04 bits per heavy atom. The van der Waals surface area contributed by atoms with Crippen LogP contribution in [0.1, 0.15) is 28.8 Å². The van der Waals surface area contributed by atoms with Crippen LogP contribution in [-0.2, 0) is 6.61 Å². The average molecular weight is 311 g/mol. The topological polar surface area (TPSA) is 49.8 Å². The highest BCUT2D eigenvalue weighted by atomic mass is 16.5. The van der Waals surface area contributed by atoms with Gasteiger partial charge in [0, 0.05) is 18.7 Å². The molecule has 23 heavy (non-hydrogen) atoms. The van der Waals surface area contributed by atoms with Crippen LogP contribution in [0.25, 0.3) is 0 Å². The van der Waals surface area contributed by atoms with E-state index in [-0.39, 0.29) is 12.0 Å². The second kappa shape index (κ2) is 7.29. The molecule has 1 aliphatic rings. The van der Waals surface area contributed by atoms with Gasteiger partial charge in [-0.2, -0.15) is 0 Å². The van der Waals surface area contributed by atoms with Crippen LogP contribution in [-0.4, -0.2) is 35.1 Å². The zero-order chi connectivity index (χ0) is 16.1. The minimum Gasteiger partial charge on any atom is -0.489 e. The van der Waals surface area contributed by atoms with E-state index in [1.165, 1.54) is 0 Å². The normalized spacial score (nSPS) is 15.4. The van der Waals surface area contributed by atoms with Crippen LogP contribution in [0, 0.1) is 0 Å². The van der Waals surface area contributed by atoms with Crippen molar-refractivity contribution in [2.24, 2.45) is 0 Å². The molecule has 2 aromatic carbocycles. The lowest BCUT2D eigenvalue weighted by Gasteiger charge is -2.29. The predicted molar refractivity (Wildman–Crippen MR) is 88.4 cm³/mol. The molecule has 0 saturated carbocycles. The van der Waals surface area contributed by atoms with Crippen LogP contribution in [0.3, 0.4) is 0 Å². The van der Waals surface area contributed by atoms with E-state index in [2.05, 4.69) is 0 Å². The van der Waals surface area contributed by atoms with Crippen LogP contribution >= 0.6 is 0 Å². The van der Waals surface area contributed by atoms with Crippen molar-refractivity contribution in [2.45, 2.75) is 25.6 Å². The Balaban J connectivity index is 1.57. The molecule has 1 saturated heterocycles. The number of ether oxygens (including phenoxy) is 1. The van der Waals surface area contributed by atoms with E-state index in [4.69, 9.17) is 4.74 Å². The third-order valence-electron chi connectivity index (χ3n) is 4.10. The summed E-state index contributed by atoms with van der Waals surface area (Å²) in [7, 11) is 0. The maximum Gasteiger partial charge on any atom is 0.253 e. The van der Waals surface area contributed by atoms with Crippen LogP contribution in [0.4, 0.5) is 0 Å². The monoisotopic (exact) mass is 311 g/mol. The zero-order valence-corrected chi connectivity index (χ0v) is 13.0.